The summed E-state index contributed by atoms with van der Waals surface area (Å²) in [6.07, 6.45) is 1.15. The Kier molecular flexibility index (Phi) is 5.19. The van der Waals surface area contributed by atoms with Crippen LogP contribution in [-0.2, 0) is 17.8 Å². The molecule has 1 aliphatic heterocycles. The van der Waals surface area contributed by atoms with Gasteiger partial charge in [-0.3, -0.25) is 4.90 Å². The lowest BCUT2D eigenvalue weighted by molar-refractivity contribution is 0.156. The average Bonchev–Trinajstić information content (AvgIpc) is 2.90. The molecular formula is C17H28N2O. The van der Waals surface area contributed by atoms with Crippen molar-refractivity contribution >= 4 is 0 Å². The molecule has 112 valence electrons. The van der Waals surface area contributed by atoms with Gasteiger partial charge in [-0.15, -0.1) is 0 Å². The minimum absolute atomic E-state index is 0.161. The zero-order valence-electron chi connectivity index (χ0n) is 13.3. The fraction of sp³-hybridized carbons (Fsp3) is 0.647. The van der Waals surface area contributed by atoms with E-state index < -0.39 is 0 Å². The number of nitrogens with zero attached hydrogens (tertiary/aromatic N) is 1. The van der Waals surface area contributed by atoms with Crippen molar-refractivity contribution in [3.63, 3.8) is 0 Å². The van der Waals surface area contributed by atoms with Gasteiger partial charge in [0.1, 0.15) is 0 Å². The van der Waals surface area contributed by atoms with Gasteiger partial charge in [-0.2, -0.15) is 0 Å². The predicted molar refractivity (Wildman–Crippen MR) is 83.7 cm³/mol. The zero-order valence-corrected chi connectivity index (χ0v) is 13.3. The minimum atomic E-state index is 0.161. The van der Waals surface area contributed by atoms with Crippen LogP contribution in [0.15, 0.2) is 24.3 Å². The van der Waals surface area contributed by atoms with Crippen molar-refractivity contribution in [2.24, 2.45) is 0 Å². The number of nitrogens with one attached hydrogen (secondary N) is 1. The largest absolute Gasteiger partial charge is 0.380 e. The lowest BCUT2D eigenvalue weighted by atomic mass is 10.1. The molecule has 1 unspecified atom stereocenters. The van der Waals surface area contributed by atoms with E-state index in [1.54, 1.807) is 0 Å². The molecular weight excluding hydrogens is 248 g/mol. The highest BCUT2D eigenvalue weighted by molar-refractivity contribution is 5.23. The van der Waals surface area contributed by atoms with E-state index in [1.807, 2.05) is 0 Å². The Morgan fingerprint density at radius 3 is 2.70 bits per heavy atom. The van der Waals surface area contributed by atoms with Crippen molar-refractivity contribution in [1.82, 2.24) is 10.2 Å². The molecule has 0 amide bonds. The first-order chi connectivity index (χ1) is 9.44. The third-order valence-electron chi connectivity index (χ3n) is 3.78. The first kappa shape index (κ1) is 15.5. The monoisotopic (exact) mass is 276 g/mol. The van der Waals surface area contributed by atoms with Gasteiger partial charge in [0.15, 0.2) is 0 Å². The first-order valence-corrected chi connectivity index (χ1v) is 7.55. The van der Waals surface area contributed by atoms with Gasteiger partial charge in [-0.25, -0.2) is 0 Å². The van der Waals surface area contributed by atoms with E-state index in [-0.39, 0.29) is 5.54 Å². The fourth-order valence-corrected chi connectivity index (χ4v) is 2.49. The van der Waals surface area contributed by atoms with Crippen molar-refractivity contribution in [3.05, 3.63) is 35.4 Å². The van der Waals surface area contributed by atoms with E-state index in [1.165, 1.54) is 11.1 Å². The SMILES string of the molecule is CN(Cc1cccc(CNC(C)(C)C)c1)C1CCOC1. The van der Waals surface area contributed by atoms with Gasteiger partial charge < -0.3 is 10.1 Å². The third kappa shape index (κ3) is 4.89. The second kappa shape index (κ2) is 6.70. The Hall–Kier alpha value is -0.900. The number of rotatable bonds is 5. The number of hydrogen-bond donors (Lipinski definition) is 1. The molecule has 0 aliphatic carbocycles. The van der Waals surface area contributed by atoms with Gasteiger partial charge in [-0.05, 0) is 45.4 Å². The van der Waals surface area contributed by atoms with Gasteiger partial charge in [0, 0.05) is 31.3 Å². The lowest BCUT2D eigenvalue weighted by Crippen LogP contribution is -2.35. The van der Waals surface area contributed by atoms with E-state index in [2.05, 4.69) is 62.3 Å². The molecule has 3 heteroatoms. The summed E-state index contributed by atoms with van der Waals surface area (Å²) in [4.78, 5) is 2.41. The summed E-state index contributed by atoms with van der Waals surface area (Å²) >= 11 is 0. The Morgan fingerprint density at radius 2 is 2.05 bits per heavy atom. The summed E-state index contributed by atoms with van der Waals surface area (Å²) in [5.74, 6) is 0. The summed E-state index contributed by atoms with van der Waals surface area (Å²) in [6, 6.07) is 9.46. The quantitative estimate of drug-likeness (QED) is 0.895. The summed E-state index contributed by atoms with van der Waals surface area (Å²) in [5, 5.41) is 3.54. The summed E-state index contributed by atoms with van der Waals surface area (Å²) in [7, 11) is 2.19. The number of benzene rings is 1. The highest BCUT2D eigenvalue weighted by Gasteiger charge is 2.20. The number of ether oxygens (including phenoxy) is 1. The second-order valence-electron chi connectivity index (χ2n) is 6.86. The van der Waals surface area contributed by atoms with Gasteiger partial charge >= 0.3 is 0 Å². The van der Waals surface area contributed by atoms with E-state index in [9.17, 15) is 0 Å². The molecule has 1 N–H and O–H groups in total. The van der Waals surface area contributed by atoms with Crippen molar-refractivity contribution in [3.8, 4) is 0 Å². The molecule has 1 saturated heterocycles. The van der Waals surface area contributed by atoms with Crippen LogP contribution in [0.3, 0.4) is 0 Å². The highest BCUT2D eigenvalue weighted by Crippen LogP contribution is 2.15. The molecule has 1 aliphatic rings. The summed E-state index contributed by atoms with van der Waals surface area (Å²) in [5.41, 5.74) is 2.90. The molecule has 20 heavy (non-hydrogen) atoms. The van der Waals surface area contributed by atoms with Crippen LogP contribution in [0.4, 0.5) is 0 Å². The van der Waals surface area contributed by atoms with Gasteiger partial charge in [0.25, 0.3) is 0 Å². The lowest BCUT2D eigenvalue weighted by Gasteiger charge is -2.23. The molecule has 0 aromatic heterocycles. The van der Waals surface area contributed by atoms with Crippen LogP contribution in [0.1, 0.15) is 38.3 Å². The molecule has 3 nitrogen and oxygen atoms in total. The molecule has 1 atom stereocenters. The molecule has 1 fully saturated rings. The van der Waals surface area contributed by atoms with E-state index in [0.717, 1.165) is 32.7 Å². The smallest absolute Gasteiger partial charge is 0.0622 e. The van der Waals surface area contributed by atoms with Gasteiger partial charge in [0.05, 0.1) is 6.61 Å². The van der Waals surface area contributed by atoms with Crippen LogP contribution in [0, 0.1) is 0 Å². The van der Waals surface area contributed by atoms with Crippen molar-refractivity contribution in [1.29, 1.82) is 0 Å². The van der Waals surface area contributed by atoms with Crippen LogP contribution >= 0.6 is 0 Å². The fourth-order valence-electron chi connectivity index (χ4n) is 2.49. The van der Waals surface area contributed by atoms with Crippen LogP contribution in [-0.4, -0.2) is 36.7 Å². The Bertz CT molecular complexity index is 419. The standard InChI is InChI=1S/C17H28N2O/c1-17(2,3)18-11-14-6-5-7-15(10-14)12-19(4)16-8-9-20-13-16/h5-7,10,16,18H,8-9,11-13H2,1-4H3. The second-order valence-corrected chi connectivity index (χ2v) is 6.86. The summed E-state index contributed by atoms with van der Waals surface area (Å²) in [6.45, 7) is 10.3. The van der Waals surface area contributed by atoms with Crippen LogP contribution < -0.4 is 5.32 Å². The Labute approximate surface area is 123 Å². The van der Waals surface area contributed by atoms with Gasteiger partial charge in [-0.1, -0.05) is 24.3 Å². The van der Waals surface area contributed by atoms with Crippen molar-refractivity contribution in [2.45, 2.75) is 51.9 Å². The van der Waals surface area contributed by atoms with Crippen molar-refractivity contribution in [2.75, 3.05) is 20.3 Å². The van der Waals surface area contributed by atoms with Crippen molar-refractivity contribution < 1.29 is 4.74 Å². The molecule has 0 radical (unpaired) electrons. The third-order valence-corrected chi connectivity index (χ3v) is 3.78. The highest BCUT2D eigenvalue weighted by atomic mass is 16.5. The molecule has 0 bridgehead atoms. The van der Waals surface area contributed by atoms with E-state index in [4.69, 9.17) is 4.74 Å². The number of hydrogen-bond acceptors (Lipinski definition) is 3. The summed E-state index contributed by atoms with van der Waals surface area (Å²) < 4.78 is 5.46. The van der Waals surface area contributed by atoms with Gasteiger partial charge in [0.2, 0.25) is 0 Å². The molecule has 0 spiro atoms. The topological polar surface area (TPSA) is 24.5 Å². The minimum Gasteiger partial charge on any atom is -0.380 e. The van der Waals surface area contributed by atoms with E-state index in [0.29, 0.717) is 6.04 Å². The average molecular weight is 276 g/mol. The Morgan fingerprint density at radius 1 is 1.30 bits per heavy atom. The maximum Gasteiger partial charge on any atom is 0.0622 e. The van der Waals surface area contributed by atoms with E-state index >= 15 is 0 Å². The molecule has 1 aromatic rings. The van der Waals surface area contributed by atoms with Crippen LogP contribution in [0.5, 0.6) is 0 Å². The molecule has 1 aromatic carbocycles. The first-order valence-electron chi connectivity index (χ1n) is 7.55. The maximum absolute atomic E-state index is 5.46. The maximum atomic E-state index is 5.46. The molecule has 2 rings (SSSR count). The van der Waals surface area contributed by atoms with Crippen LogP contribution in [0.25, 0.3) is 0 Å². The Balaban J connectivity index is 1.91. The normalized spacial score (nSPS) is 19.8. The predicted octanol–water partition coefficient (Wildman–Crippen LogP) is 2.80. The number of likely N-dealkylation sites (N-methyl/N-ethyl adjacent to an activating group) is 1. The zero-order chi connectivity index (χ0) is 14.6. The molecule has 1 heterocycles. The van der Waals surface area contributed by atoms with Crippen LogP contribution in [0.2, 0.25) is 0 Å². The molecule has 0 saturated carbocycles.